The zero-order valence-corrected chi connectivity index (χ0v) is 19.2. The molecule has 0 spiro atoms. The maximum absolute atomic E-state index is 13.2. The Labute approximate surface area is 191 Å². The lowest BCUT2D eigenvalue weighted by molar-refractivity contribution is 0.0847. The van der Waals surface area contributed by atoms with Gasteiger partial charge < -0.3 is 13.9 Å². The second-order valence-electron chi connectivity index (χ2n) is 8.46. The summed E-state index contributed by atoms with van der Waals surface area (Å²) >= 11 is 0. The molecule has 33 heavy (non-hydrogen) atoms. The minimum atomic E-state index is -0.393. The average molecular weight is 446 g/mol. The molecule has 1 saturated carbocycles. The van der Waals surface area contributed by atoms with Crippen LogP contribution in [-0.2, 0) is 6.54 Å². The summed E-state index contributed by atoms with van der Waals surface area (Å²) in [5.41, 5.74) is 9.75. The number of ether oxygens (including phenoxy) is 1. The van der Waals surface area contributed by atoms with Crippen LogP contribution in [0.5, 0.6) is 5.75 Å². The molecule has 2 amide bonds. The maximum Gasteiger partial charge on any atom is 0.272 e. The summed E-state index contributed by atoms with van der Waals surface area (Å²) in [7, 11) is 1.60. The van der Waals surface area contributed by atoms with E-state index >= 15 is 0 Å². The number of amides is 2. The third kappa shape index (κ3) is 3.51. The van der Waals surface area contributed by atoms with Gasteiger partial charge in [0.05, 0.1) is 23.7 Å². The summed E-state index contributed by atoms with van der Waals surface area (Å²) in [5, 5.41) is 0.812. The van der Waals surface area contributed by atoms with Crippen molar-refractivity contribution in [1.82, 2.24) is 25.0 Å². The largest absolute Gasteiger partial charge is 0.497 e. The van der Waals surface area contributed by atoms with Crippen molar-refractivity contribution in [2.75, 3.05) is 7.11 Å². The van der Waals surface area contributed by atoms with E-state index in [1.165, 1.54) is 0 Å². The highest BCUT2D eigenvalue weighted by Gasteiger charge is 2.30. The average Bonchev–Trinajstić information content (AvgIpc) is 3.53. The first-order chi connectivity index (χ1) is 15.9. The standard InChI is InChI=1S/C25H27N5O3/c1-5-29-15(3)26-20-12-16(6-10-22(20)29)24(31)27-28-25(32)23-14(2)30(17-7-8-17)21-11-9-18(33-4)13-19(21)23/h6,9-13,17H,5,7-8H2,1-4H3,(H,27,31)(H,28,32). The minimum absolute atomic E-state index is 0.356. The quantitative estimate of drug-likeness (QED) is 0.454. The van der Waals surface area contributed by atoms with E-state index in [1.54, 1.807) is 19.2 Å². The molecule has 1 aliphatic carbocycles. The molecular formula is C25H27N5O3. The van der Waals surface area contributed by atoms with Crippen molar-refractivity contribution in [3.05, 3.63) is 59.0 Å². The Bertz CT molecular complexity index is 1410. The molecule has 8 nitrogen and oxygen atoms in total. The van der Waals surface area contributed by atoms with Crippen LogP contribution in [0.4, 0.5) is 0 Å². The molecule has 4 aromatic rings. The van der Waals surface area contributed by atoms with Gasteiger partial charge in [0.25, 0.3) is 11.8 Å². The molecule has 8 heteroatoms. The van der Waals surface area contributed by atoms with Gasteiger partial charge in [-0.05, 0) is 70.0 Å². The van der Waals surface area contributed by atoms with E-state index in [4.69, 9.17) is 4.74 Å². The van der Waals surface area contributed by atoms with Crippen molar-refractivity contribution < 1.29 is 14.3 Å². The predicted octanol–water partition coefficient (Wildman–Crippen LogP) is 4.05. The van der Waals surface area contributed by atoms with E-state index in [0.717, 1.165) is 52.8 Å². The van der Waals surface area contributed by atoms with Crippen molar-refractivity contribution in [2.45, 2.75) is 46.2 Å². The van der Waals surface area contributed by atoms with Gasteiger partial charge in [0.2, 0.25) is 0 Å². The van der Waals surface area contributed by atoms with Crippen molar-refractivity contribution in [2.24, 2.45) is 0 Å². The Morgan fingerprint density at radius 3 is 2.48 bits per heavy atom. The number of carbonyl (C=O) groups is 2. The fourth-order valence-corrected chi connectivity index (χ4v) is 4.68. The topological polar surface area (TPSA) is 90.2 Å². The fourth-order valence-electron chi connectivity index (χ4n) is 4.68. The predicted molar refractivity (Wildman–Crippen MR) is 127 cm³/mol. The number of carbonyl (C=O) groups excluding carboxylic acids is 2. The molecular weight excluding hydrogens is 418 g/mol. The van der Waals surface area contributed by atoms with Crippen LogP contribution in [0.25, 0.3) is 21.9 Å². The second kappa shape index (κ2) is 7.95. The lowest BCUT2D eigenvalue weighted by Gasteiger charge is -2.09. The third-order valence-electron chi connectivity index (χ3n) is 6.40. The van der Waals surface area contributed by atoms with E-state index in [2.05, 4.69) is 31.9 Å². The number of hydrogen-bond donors (Lipinski definition) is 2. The van der Waals surface area contributed by atoms with E-state index in [-0.39, 0.29) is 5.91 Å². The summed E-state index contributed by atoms with van der Waals surface area (Å²) < 4.78 is 9.68. The summed E-state index contributed by atoms with van der Waals surface area (Å²) in [6, 6.07) is 11.5. The first-order valence-electron chi connectivity index (χ1n) is 11.2. The van der Waals surface area contributed by atoms with Crippen LogP contribution in [-0.4, -0.2) is 33.0 Å². The van der Waals surface area contributed by atoms with Crippen LogP contribution in [0, 0.1) is 13.8 Å². The zero-order valence-electron chi connectivity index (χ0n) is 19.2. The number of nitrogens with one attached hydrogen (secondary N) is 2. The number of nitrogens with zero attached hydrogens (tertiary/aromatic N) is 3. The smallest absolute Gasteiger partial charge is 0.272 e. The molecule has 0 atom stereocenters. The number of rotatable bonds is 5. The van der Waals surface area contributed by atoms with Gasteiger partial charge in [-0.3, -0.25) is 20.4 Å². The number of methoxy groups -OCH3 is 1. The molecule has 0 bridgehead atoms. The van der Waals surface area contributed by atoms with Crippen LogP contribution in [0.2, 0.25) is 0 Å². The van der Waals surface area contributed by atoms with Gasteiger partial charge in [-0.2, -0.15) is 0 Å². The molecule has 1 fully saturated rings. The Hall–Kier alpha value is -3.81. The normalized spacial score (nSPS) is 13.5. The highest BCUT2D eigenvalue weighted by atomic mass is 16.5. The van der Waals surface area contributed by atoms with Crippen LogP contribution in [0.15, 0.2) is 36.4 Å². The number of hydrogen-bond acceptors (Lipinski definition) is 4. The van der Waals surface area contributed by atoms with E-state index in [1.807, 2.05) is 38.1 Å². The fraction of sp³-hybridized carbons (Fsp3) is 0.320. The van der Waals surface area contributed by atoms with Gasteiger partial charge in [0, 0.05) is 34.7 Å². The Balaban J connectivity index is 1.40. The van der Waals surface area contributed by atoms with Crippen molar-refractivity contribution in [1.29, 1.82) is 0 Å². The lowest BCUT2D eigenvalue weighted by atomic mass is 10.1. The van der Waals surface area contributed by atoms with Crippen molar-refractivity contribution in [3.63, 3.8) is 0 Å². The van der Waals surface area contributed by atoms with E-state index in [9.17, 15) is 9.59 Å². The monoisotopic (exact) mass is 445 g/mol. The van der Waals surface area contributed by atoms with Crippen molar-refractivity contribution >= 4 is 33.8 Å². The minimum Gasteiger partial charge on any atom is -0.497 e. The summed E-state index contributed by atoms with van der Waals surface area (Å²) in [6.45, 7) is 6.76. The van der Waals surface area contributed by atoms with Crippen LogP contribution >= 0.6 is 0 Å². The molecule has 1 aliphatic rings. The van der Waals surface area contributed by atoms with Gasteiger partial charge in [-0.1, -0.05) is 0 Å². The van der Waals surface area contributed by atoms with Gasteiger partial charge in [-0.15, -0.1) is 0 Å². The first kappa shape index (κ1) is 21.1. The van der Waals surface area contributed by atoms with E-state index in [0.29, 0.717) is 22.9 Å². The van der Waals surface area contributed by atoms with Crippen molar-refractivity contribution in [3.8, 4) is 5.75 Å². The molecule has 2 N–H and O–H groups in total. The van der Waals surface area contributed by atoms with Crippen LogP contribution < -0.4 is 15.6 Å². The number of imidazole rings is 1. The molecule has 0 saturated heterocycles. The van der Waals surface area contributed by atoms with Gasteiger partial charge in [-0.25, -0.2) is 4.98 Å². The molecule has 2 aromatic heterocycles. The Kier molecular flexibility index (Phi) is 5.08. The first-order valence-corrected chi connectivity index (χ1v) is 11.2. The highest BCUT2D eigenvalue weighted by molar-refractivity contribution is 6.10. The maximum atomic E-state index is 13.2. The Morgan fingerprint density at radius 1 is 1.06 bits per heavy atom. The molecule has 2 heterocycles. The second-order valence-corrected chi connectivity index (χ2v) is 8.46. The summed E-state index contributed by atoms with van der Waals surface area (Å²) in [4.78, 5) is 30.5. The lowest BCUT2D eigenvalue weighted by Crippen LogP contribution is -2.41. The number of aromatic nitrogens is 3. The molecule has 5 rings (SSSR count). The number of aryl methyl sites for hydroxylation is 2. The number of benzene rings is 2. The van der Waals surface area contributed by atoms with Crippen LogP contribution in [0.3, 0.4) is 0 Å². The van der Waals surface area contributed by atoms with E-state index < -0.39 is 5.91 Å². The molecule has 0 unspecified atom stereocenters. The van der Waals surface area contributed by atoms with Crippen LogP contribution in [0.1, 0.15) is 58.0 Å². The highest BCUT2D eigenvalue weighted by Crippen LogP contribution is 2.41. The van der Waals surface area contributed by atoms with Gasteiger partial charge in [0.1, 0.15) is 11.6 Å². The summed E-state index contributed by atoms with van der Waals surface area (Å²) in [6.07, 6.45) is 2.20. The number of fused-ring (bicyclic) bond motifs is 2. The molecule has 0 radical (unpaired) electrons. The zero-order chi connectivity index (χ0) is 23.3. The third-order valence-corrected chi connectivity index (χ3v) is 6.40. The number of hydrazine groups is 1. The summed E-state index contributed by atoms with van der Waals surface area (Å²) in [5.74, 6) is 0.834. The SMILES string of the molecule is CCn1c(C)nc2cc(C(=O)NNC(=O)c3c(C)n(C4CC4)c4ccc(OC)cc34)ccc21. The van der Waals surface area contributed by atoms with Gasteiger partial charge >= 0.3 is 0 Å². The molecule has 0 aliphatic heterocycles. The molecule has 2 aromatic carbocycles. The Morgan fingerprint density at radius 2 is 1.79 bits per heavy atom. The molecule has 170 valence electrons. The van der Waals surface area contributed by atoms with Gasteiger partial charge in [0.15, 0.2) is 0 Å².